The number of aliphatic hydroxyl groups is 1. The van der Waals surface area contributed by atoms with Crippen molar-refractivity contribution in [2.24, 2.45) is 5.73 Å². The van der Waals surface area contributed by atoms with Gasteiger partial charge in [-0.05, 0) is 44.0 Å². The van der Waals surface area contributed by atoms with E-state index in [2.05, 4.69) is 0 Å². The molecule has 4 heteroatoms. The Kier molecular flexibility index (Phi) is 4.90. The standard InChI is InChI=1S/C13H21FN2O/c1-9(17)6-7-16(3)13-5-4-11(14)8-12(13)10(2)15/h4-5,8-10,17H,6-7,15H2,1-3H3/t9?,10-/m1/s1. The van der Waals surface area contributed by atoms with E-state index in [9.17, 15) is 9.50 Å². The first-order valence-electron chi connectivity index (χ1n) is 5.86. The second-order valence-electron chi connectivity index (χ2n) is 4.55. The Bertz CT molecular complexity index is 366. The van der Waals surface area contributed by atoms with Gasteiger partial charge in [0.25, 0.3) is 0 Å². The molecule has 1 aromatic rings. The summed E-state index contributed by atoms with van der Waals surface area (Å²) in [5.74, 6) is -0.273. The highest BCUT2D eigenvalue weighted by Crippen LogP contribution is 2.25. The molecule has 1 rings (SSSR count). The maximum Gasteiger partial charge on any atom is 0.123 e. The van der Waals surface area contributed by atoms with E-state index in [1.807, 2.05) is 18.9 Å². The number of nitrogens with zero attached hydrogens (tertiary/aromatic N) is 1. The first-order chi connectivity index (χ1) is 7.91. The van der Waals surface area contributed by atoms with Crippen molar-refractivity contribution in [1.29, 1.82) is 0 Å². The Morgan fingerprint density at radius 3 is 2.59 bits per heavy atom. The molecule has 0 bridgehead atoms. The molecular weight excluding hydrogens is 219 g/mol. The fourth-order valence-electron chi connectivity index (χ4n) is 1.74. The molecule has 1 aromatic carbocycles. The molecule has 0 aliphatic rings. The Labute approximate surface area is 102 Å². The van der Waals surface area contributed by atoms with Crippen molar-refractivity contribution in [3.05, 3.63) is 29.6 Å². The van der Waals surface area contributed by atoms with Crippen LogP contribution in [0.15, 0.2) is 18.2 Å². The van der Waals surface area contributed by atoms with Gasteiger partial charge in [-0.15, -0.1) is 0 Å². The molecule has 0 fully saturated rings. The van der Waals surface area contributed by atoms with Gasteiger partial charge < -0.3 is 15.7 Å². The first-order valence-corrected chi connectivity index (χ1v) is 5.86. The van der Waals surface area contributed by atoms with Crippen molar-refractivity contribution in [2.45, 2.75) is 32.4 Å². The van der Waals surface area contributed by atoms with Crippen molar-refractivity contribution in [1.82, 2.24) is 0 Å². The molecule has 3 nitrogen and oxygen atoms in total. The Morgan fingerprint density at radius 1 is 1.41 bits per heavy atom. The van der Waals surface area contributed by atoms with E-state index in [0.29, 0.717) is 13.0 Å². The van der Waals surface area contributed by atoms with Crippen LogP contribution in [0.2, 0.25) is 0 Å². The van der Waals surface area contributed by atoms with Gasteiger partial charge in [-0.3, -0.25) is 0 Å². The molecule has 0 saturated heterocycles. The van der Waals surface area contributed by atoms with Gasteiger partial charge in [-0.2, -0.15) is 0 Å². The number of aliphatic hydroxyl groups excluding tert-OH is 1. The molecule has 0 radical (unpaired) electrons. The third kappa shape index (κ3) is 3.98. The zero-order valence-electron chi connectivity index (χ0n) is 10.7. The van der Waals surface area contributed by atoms with E-state index in [0.717, 1.165) is 11.3 Å². The predicted molar refractivity (Wildman–Crippen MR) is 68.6 cm³/mol. The van der Waals surface area contributed by atoms with Crippen LogP contribution in [0, 0.1) is 5.82 Å². The third-order valence-electron chi connectivity index (χ3n) is 2.77. The summed E-state index contributed by atoms with van der Waals surface area (Å²) in [6.45, 7) is 4.30. The van der Waals surface area contributed by atoms with Crippen LogP contribution in [0.3, 0.4) is 0 Å². The number of hydrogen-bond donors (Lipinski definition) is 2. The Balaban J connectivity index is 2.88. The number of anilines is 1. The highest BCUT2D eigenvalue weighted by Gasteiger charge is 2.12. The van der Waals surface area contributed by atoms with Gasteiger partial charge >= 0.3 is 0 Å². The lowest BCUT2D eigenvalue weighted by atomic mass is 10.1. The molecule has 2 atom stereocenters. The average Bonchev–Trinajstić information content (AvgIpc) is 2.25. The molecule has 0 aliphatic carbocycles. The summed E-state index contributed by atoms with van der Waals surface area (Å²) in [7, 11) is 1.92. The van der Waals surface area contributed by atoms with Crippen molar-refractivity contribution in [3.8, 4) is 0 Å². The molecule has 17 heavy (non-hydrogen) atoms. The van der Waals surface area contributed by atoms with Gasteiger partial charge in [0.2, 0.25) is 0 Å². The lowest BCUT2D eigenvalue weighted by molar-refractivity contribution is 0.187. The molecule has 0 aliphatic heterocycles. The monoisotopic (exact) mass is 240 g/mol. The molecule has 1 unspecified atom stereocenters. The zero-order chi connectivity index (χ0) is 13.0. The van der Waals surface area contributed by atoms with E-state index < -0.39 is 0 Å². The van der Waals surface area contributed by atoms with Crippen LogP contribution in [0.25, 0.3) is 0 Å². The number of nitrogens with two attached hydrogens (primary N) is 1. The Morgan fingerprint density at radius 2 is 2.06 bits per heavy atom. The molecule has 96 valence electrons. The van der Waals surface area contributed by atoms with Gasteiger partial charge in [0.1, 0.15) is 5.82 Å². The molecule has 0 aromatic heterocycles. The Hall–Kier alpha value is -1.13. The summed E-state index contributed by atoms with van der Waals surface area (Å²) in [5, 5.41) is 9.26. The minimum Gasteiger partial charge on any atom is -0.393 e. The summed E-state index contributed by atoms with van der Waals surface area (Å²) < 4.78 is 13.2. The average molecular weight is 240 g/mol. The normalized spacial score (nSPS) is 14.5. The topological polar surface area (TPSA) is 49.5 Å². The minimum atomic E-state index is -0.336. The van der Waals surface area contributed by atoms with Crippen molar-refractivity contribution in [3.63, 3.8) is 0 Å². The molecular formula is C13H21FN2O. The maximum atomic E-state index is 13.2. The fraction of sp³-hybridized carbons (Fsp3) is 0.538. The second-order valence-corrected chi connectivity index (χ2v) is 4.55. The van der Waals surface area contributed by atoms with Gasteiger partial charge in [-0.1, -0.05) is 0 Å². The van der Waals surface area contributed by atoms with Crippen molar-refractivity contribution < 1.29 is 9.50 Å². The second kappa shape index (κ2) is 5.98. The van der Waals surface area contributed by atoms with Crippen LogP contribution in [-0.2, 0) is 0 Å². The van der Waals surface area contributed by atoms with Gasteiger partial charge in [0.05, 0.1) is 6.10 Å². The molecule has 0 spiro atoms. The van der Waals surface area contributed by atoms with E-state index in [1.165, 1.54) is 12.1 Å². The van der Waals surface area contributed by atoms with Crippen LogP contribution in [-0.4, -0.2) is 24.8 Å². The highest BCUT2D eigenvalue weighted by molar-refractivity contribution is 5.54. The maximum absolute atomic E-state index is 13.2. The fourth-order valence-corrected chi connectivity index (χ4v) is 1.74. The molecule has 0 heterocycles. The van der Waals surface area contributed by atoms with Gasteiger partial charge in [0.15, 0.2) is 0 Å². The number of hydrogen-bond acceptors (Lipinski definition) is 3. The van der Waals surface area contributed by atoms with E-state index in [1.54, 1.807) is 13.0 Å². The molecule has 3 N–H and O–H groups in total. The highest BCUT2D eigenvalue weighted by atomic mass is 19.1. The first kappa shape index (κ1) is 13.9. The number of benzene rings is 1. The number of halogens is 1. The SMILES string of the molecule is CC(O)CCN(C)c1ccc(F)cc1[C@@H](C)N. The van der Waals surface area contributed by atoms with Crippen LogP contribution in [0.4, 0.5) is 10.1 Å². The van der Waals surface area contributed by atoms with Gasteiger partial charge in [-0.25, -0.2) is 4.39 Å². The summed E-state index contributed by atoms with van der Waals surface area (Å²) in [4.78, 5) is 1.99. The lowest BCUT2D eigenvalue weighted by Crippen LogP contribution is -2.24. The molecule has 0 saturated carbocycles. The molecule has 0 amide bonds. The van der Waals surface area contributed by atoms with Crippen LogP contribution in [0.1, 0.15) is 31.9 Å². The summed E-state index contributed by atoms with van der Waals surface area (Å²) in [5.41, 5.74) is 7.54. The predicted octanol–water partition coefficient (Wildman–Crippen LogP) is 2.05. The third-order valence-corrected chi connectivity index (χ3v) is 2.77. The van der Waals surface area contributed by atoms with Crippen LogP contribution in [0.5, 0.6) is 0 Å². The zero-order valence-corrected chi connectivity index (χ0v) is 10.7. The largest absolute Gasteiger partial charge is 0.393 e. The van der Waals surface area contributed by atoms with E-state index >= 15 is 0 Å². The van der Waals surface area contributed by atoms with Crippen LogP contribution >= 0.6 is 0 Å². The van der Waals surface area contributed by atoms with Crippen molar-refractivity contribution >= 4 is 5.69 Å². The minimum absolute atomic E-state index is 0.213. The number of rotatable bonds is 5. The summed E-state index contributed by atoms with van der Waals surface area (Å²) >= 11 is 0. The van der Waals surface area contributed by atoms with E-state index in [-0.39, 0.29) is 18.0 Å². The lowest BCUT2D eigenvalue weighted by Gasteiger charge is -2.24. The summed E-state index contributed by atoms with van der Waals surface area (Å²) in [6.07, 6.45) is 0.336. The summed E-state index contributed by atoms with van der Waals surface area (Å²) in [6, 6.07) is 4.42. The van der Waals surface area contributed by atoms with E-state index in [4.69, 9.17) is 5.73 Å². The quantitative estimate of drug-likeness (QED) is 0.828. The van der Waals surface area contributed by atoms with Gasteiger partial charge in [0, 0.05) is 25.3 Å². The van der Waals surface area contributed by atoms with Crippen molar-refractivity contribution in [2.75, 3.05) is 18.5 Å². The smallest absolute Gasteiger partial charge is 0.123 e. The van der Waals surface area contributed by atoms with Crippen LogP contribution < -0.4 is 10.6 Å².